The van der Waals surface area contributed by atoms with Gasteiger partial charge in [-0.3, -0.25) is 4.79 Å². The summed E-state index contributed by atoms with van der Waals surface area (Å²) in [6.45, 7) is 1.22. The Morgan fingerprint density at radius 1 is 1.21 bits per heavy atom. The molecule has 24 heavy (non-hydrogen) atoms. The van der Waals surface area contributed by atoms with Crippen LogP contribution in [0.15, 0.2) is 36.5 Å². The van der Waals surface area contributed by atoms with Crippen molar-refractivity contribution >= 4 is 5.91 Å². The molecule has 122 valence electrons. The minimum absolute atomic E-state index is 0.00199. The molecule has 6 heteroatoms. The normalized spacial score (nSPS) is 19.7. The molecule has 0 spiro atoms. The molecule has 2 aliphatic rings. The minimum Gasteiger partial charge on any atom is -0.337 e. The van der Waals surface area contributed by atoms with E-state index in [-0.39, 0.29) is 11.9 Å². The summed E-state index contributed by atoms with van der Waals surface area (Å²) < 4.78 is 1.83. The van der Waals surface area contributed by atoms with Crippen molar-refractivity contribution in [1.82, 2.24) is 19.9 Å². The molecular weight excluding hydrogens is 302 g/mol. The standard InChI is InChI=1S/C18H19N5O/c19-13-18(8-4-5-9-18)17(24)22-10-15(11-22)23-12-16(20-21-23)14-6-2-1-3-7-14/h1-3,6-7,12,15H,4-5,8-11H2. The lowest BCUT2D eigenvalue weighted by molar-refractivity contribution is -0.145. The van der Waals surface area contributed by atoms with Crippen LogP contribution >= 0.6 is 0 Å². The summed E-state index contributed by atoms with van der Waals surface area (Å²) in [7, 11) is 0. The average molecular weight is 321 g/mol. The van der Waals surface area contributed by atoms with Gasteiger partial charge in [0.15, 0.2) is 0 Å². The van der Waals surface area contributed by atoms with Gasteiger partial charge in [-0.1, -0.05) is 48.4 Å². The third kappa shape index (κ3) is 2.37. The molecule has 0 bridgehead atoms. The third-order valence-corrected chi connectivity index (χ3v) is 5.18. The maximum Gasteiger partial charge on any atom is 0.243 e. The van der Waals surface area contributed by atoms with E-state index in [0.29, 0.717) is 25.9 Å². The van der Waals surface area contributed by atoms with Gasteiger partial charge in [0, 0.05) is 18.7 Å². The predicted octanol–water partition coefficient (Wildman–Crippen LogP) is 2.41. The van der Waals surface area contributed by atoms with Crippen LogP contribution < -0.4 is 0 Å². The van der Waals surface area contributed by atoms with E-state index in [4.69, 9.17) is 0 Å². The van der Waals surface area contributed by atoms with Crippen LogP contribution in [0.25, 0.3) is 11.3 Å². The van der Waals surface area contributed by atoms with Gasteiger partial charge in [0.2, 0.25) is 5.91 Å². The molecule has 1 saturated heterocycles. The summed E-state index contributed by atoms with van der Waals surface area (Å²) in [5.41, 5.74) is 1.10. The summed E-state index contributed by atoms with van der Waals surface area (Å²) in [4.78, 5) is 14.4. The highest BCUT2D eigenvalue weighted by Crippen LogP contribution is 2.40. The number of amides is 1. The summed E-state index contributed by atoms with van der Waals surface area (Å²) in [5, 5.41) is 17.9. The van der Waals surface area contributed by atoms with E-state index in [1.807, 2.05) is 41.2 Å². The second-order valence-corrected chi connectivity index (χ2v) is 6.71. The molecule has 1 aliphatic heterocycles. The van der Waals surface area contributed by atoms with Crippen LogP contribution in [-0.4, -0.2) is 38.9 Å². The molecule has 2 fully saturated rings. The fraction of sp³-hybridized carbons (Fsp3) is 0.444. The van der Waals surface area contributed by atoms with Crippen LogP contribution in [-0.2, 0) is 4.79 Å². The predicted molar refractivity (Wildman–Crippen MR) is 87.6 cm³/mol. The molecule has 1 aromatic heterocycles. The Balaban J connectivity index is 1.42. The van der Waals surface area contributed by atoms with E-state index in [2.05, 4.69) is 16.4 Å². The second-order valence-electron chi connectivity index (χ2n) is 6.71. The Labute approximate surface area is 140 Å². The number of carbonyl (C=O) groups is 1. The van der Waals surface area contributed by atoms with Gasteiger partial charge in [-0.25, -0.2) is 4.68 Å². The molecule has 0 radical (unpaired) electrons. The van der Waals surface area contributed by atoms with Crippen molar-refractivity contribution in [3.8, 4) is 17.3 Å². The van der Waals surface area contributed by atoms with Gasteiger partial charge in [0.05, 0.1) is 18.3 Å². The molecule has 4 rings (SSSR count). The van der Waals surface area contributed by atoms with Gasteiger partial charge >= 0.3 is 0 Å². The number of nitriles is 1. The largest absolute Gasteiger partial charge is 0.337 e. The van der Waals surface area contributed by atoms with Crippen LogP contribution in [0.2, 0.25) is 0 Å². The SMILES string of the molecule is N#CC1(C(=O)N2CC(n3cc(-c4ccccc4)nn3)C2)CCCC1. The summed E-state index contributed by atoms with van der Waals surface area (Å²) >= 11 is 0. The Morgan fingerprint density at radius 2 is 1.92 bits per heavy atom. The fourth-order valence-corrected chi connectivity index (χ4v) is 3.64. The van der Waals surface area contributed by atoms with Crippen molar-refractivity contribution in [2.45, 2.75) is 31.7 Å². The first-order chi connectivity index (χ1) is 11.7. The van der Waals surface area contributed by atoms with Gasteiger partial charge in [-0.05, 0) is 12.8 Å². The highest BCUT2D eigenvalue weighted by Gasteiger charge is 2.47. The topological polar surface area (TPSA) is 74.8 Å². The summed E-state index contributed by atoms with van der Waals surface area (Å²) in [6, 6.07) is 12.3. The van der Waals surface area contributed by atoms with Crippen LogP contribution in [0.4, 0.5) is 0 Å². The zero-order valence-corrected chi connectivity index (χ0v) is 13.4. The van der Waals surface area contributed by atoms with Crippen molar-refractivity contribution in [3.63, 3.8) is 0 Å². The molecule has 0 unspecified atom stereocenters. The number of nitrogens with zero attached hydrogens (tertiary/aromatic N) is 5. The van der Waals surface area contributed by atoms with Gasteiger partial charge in [0.1, 0.15) is 11.1 Å². The molecule has 0 atom stereocenters. The Morgan fingerprint density at radius 3 is 2.58 bits per heavy atom. The first kappa shape index (κ1) is 14.9. The molecule has 1 saturated carbocycles. The number of likely N-dealkylation sites (tertiary alicyclic amines) is 1. The fourth-order valence-electron chi connectivity index (χ4n) is 3.64. The van der Waals surface area contributed by atoms with E-state index in [9.17, 15) is 10.1 Å². The Hall–Kier alpha value is -2.68. The number of hydrogen-bond donors (Lipinski definition) is 0. The average Bonchev–Trinajstić information content (AvgIpc) is 3.24. The lowest BCUT2D eigenvalue weighted by Crippen LogP contribution is -2.55. The first-order valence-electron chi connectivity index (χ1n) is 8.40. The summed E-state index contributed by atoms with van der Waals surface area (Å²) in [5.74, 6) is 0.00199. The summed E-state index contributed by atoms with van der Waals surface area (Å²) in [6.07, 6.45) is 5.27. The molecular formula is C18H19N5O. The third-order valence-electron chi connectivity index (χ3n) is 5.18. The highest BCUT2D eigenvalue weighted by atomic mass is 16.2. The number of benzene rings is 1. The van der Waals surface area contributed by atoms with Crippen molar-refractivity contribution in [1.29, 1.82) is 5.26 Å². The second kappa shape index (κ2) is 5.75. The number of hydrogen-bond acceptors (Lipinski definition) is 4. The van der Waals surface area contributed by atoms with E-state index >= 15 is 0 Å². The molecule has 6 nitrogen and oxygen atoms in total. The van der Waals surface area contributed by atoms with Gasteiger partial charge < -0.3 is 4.90 Å². The van der Waals surface area contributed by atoms with Gasteiger partial charge in [-0.15, -0.1) is 5.10 Å². The van der Waals surface area contributed by atoms with Crippen LogP contribution in [0.5, 0.6) is 0 Å². The zero-order valence-electron chi connectivity index (χ0n) is 13.4. The molecule has 0 N–H and O–H groups in total. The monoisotopic (exact) mass is 321 g/mol. The number of aromatic nitrogens is 3. The van der Waals surface area contributed by atoms with Crippen molar-refractivity contribution in [2.75, 3.05) is 13.1 Å². The highest BCUT2D eigenvalue weighted by molar-refractivity contribution is 5.86. The quantitative estimate of drug-likeness (QED) is 0.870. The van der Waals surface area contributed by atoms with Crippen molar-refractivity contribution < 1.29 is 4.79 Å². The maximum absolute atomic E-state index is 12.6. The van der Waals surface area contributed by atoms with E-state index in [1.165, 1.54) is 0 Å². The lowest BCUT2D eigenvalue weighted by atomic mass is 9.85. The maximum atomic E-state index is 12.6. The van der Waals surface area contributed by atoms with Crippen LogP contribution in [0.1, 0.15) is 31.7 Å². The smallest absolute Gasteiger partial charge is 0.243 e. The molecule has 1 amide bonds. The molecule has 1 aliphatic carbocycles. The van der Waals surface area contributed by atoms with Crippen LogP contribution in [0.3, 0.4) is 0 Å². The van der Waals surface area contributed by atoms with Crippen molar-refractivity contribution in [3.05, 3.63) is 36.5 Å². The van der Waals surface area contributed by atoms with Crippen molar-refractivity contribution in [2.24, 2.45) is 5.41 Å². The molecule has 2 heterocycles. The van der Waals surface area contributed by atoms with Gasteiger partial charge in [0.25, 0.3) is 0 Å². The molecule has 1 aromatic carbocycles. The lowest BCUT2D eigenvalue weighted by Gasteiger charge is -2.41. The Kier molecular flexibility index (Phi) is 3.57. The van der Waals surface area contributed by atoms with E-state index < -0.39 is 5.41 Å². The van der Waals surface area contributed by atoms with E-state index in [1.54, 1.807) is 4.90 Å². The zero-order chi connectivity index (χ0) is 16.6. The van der Waals surface area contributed by atoms with Gasteiger partial charge in [-0.2, -0.15) is 5.26 Å². The van der Waals surface area contributed by atoms with Crippen LogP contribution in [0, 0.1) is 16.7 Å². The number of rotatable bonds is 3. The van der Waals surface area contributed by atoms with E-state index in [0.717, 1.165) is 24.1 Å². The minimum atomic E-state index is -0.775. The first-order valence-corrected chi connectivity index (χ1v) is 8.40. The molecule has 2 aromatic rings. The number of carbonyl (C=O) groups excluding carboxylic acids is 1. The Bertz CT molecular complexity index is 779.